The molecule has 1 aromatic rings. The summed E-state index contributed by atoms with van der Waals surface area (Å²) in [7, 11) is 1.58. The maximum atomic E-state index is 11.8. The van der Waals surface area contributed by atoms with Crippen LogP contribution in [0.1, 0.15) is 37.6 Å². The summed E-state index contributed by atoms with van der Waals surface area (Å²) in [6.07, 6.45) is 0.390. The number of amides is 2. The molecule has 0 aliphatic carbocycles. The molecule has 0 saturated heterocycles. The van der Waals surface area contributed by atoms with E-state index < -0.39 is 0 Å². The van der Waals surface area contributed by atoms with Crippen molar-refractivity contribution in [2.24, 2.45) is 0 Å². The molecule has 2 amide bonds. The Morgan fingerprint density at radius 2 is 1.90 bits per heavy atom. The monoisotopic (exact) mass is 277 g/mol. The fourth-order valence-electron chi connectivity index (χ4n) is 1.66. The molecule has 0 spiro atoms. The molecule has 0 atom stereocenters. The summed E-state index contributed by atoms with van der Waals surface area (Å²) in [6, 6.07) is 6.87. The third-order valence-electron chi connectivity index (χ3n) is 2.64. The smallest absolute Gasteiger partial charge is 0.251 e. The Bertz CT molecular complexity index is 478. The lowest BCUT2D eigenvalue weighted by molar-refractivity contribution is -0.116. The highest BCUT2D eigenvalue weighted by Gasteiger charge is 2.10. The van der Waals surface area contributed by atoms with Crippen LogP contribution in [-0.4, -0.2) is 30.9 Å². The van der Waals surface area contributed by atoms with Gasteiger partial charge in [-0.3, -0.25) is 9.59 Å². The lowest BCUT2D eigenvalue weighted by Crippen LogP contribution is -2.37. The number of hydrogen-bond donors (Lipinski definition) is 3. The van der Waals surface area contributed by atoms with Gasteiger partial charge in [0.15, 0.2) is 0 Å². The van der Waals surface area contributed by atoms with Gasteiger partial charge < -0.3 is 16.0 Å². The molecule has 0 saturated carbocycles. The number of carbonyl (C=O) groups is 2. The van der Waals surface area contributed by atoms with Crippen molar-refractivity contribution >= 4 is 17.5 Å². The molecule has 0 radical (unpaired) electrons. The SMILES string of the molecule is CNC(=O)c1cccc(NC(=O)CCNC(C)(C)C)c1. The van der Waals surface area contributed by atoms with Crippen LogP contribution in [0.25, 0.3) is 0 Å². The molecule has 0 fully saturated rings. The fourth-order valence-corrected chi connectivity index (χ4v) is 1.66. The molecular formula is C15H23N3O2. The molecule has 5 heteroatoms. The van der Waals surface area contributed by atoms with E-state index in [9.17, 15) is 9.59 Å². The van der Waals surface area contributed by atoms with Gasteiger partial charge in [-0.05, 0) is 39.0 Å². The van der Waals surface area contributed by atoms with E-state index in [2.05, 4.69) is 36.7 Å². The van der Waals surface area contributed by atoms with E-state index in [1.54, 1.807) is 31.3 Å². The summed E-state index contributed by atoms with van der Waals surface area (Å²) in [4.78, 5) is 23.3. The molecule has 5 nitrogen and oxygen atoms in total. The third kappa shape index (κ3) is 5.84. The molecule has 3 N–H and O–H groups in total. The first kappa shape index (κ1) is 16.2. The second kappa shape index (κ2) is 7.05. The first-order valence-electron chi connectivity index (χ1n) is 6.69. The molecule has 0 aliphatic heterocycles. The second-order valence-corrected chi connectivity index (χ2v) is 5.63. The van der Waals surface area contributed by atoms with Crippen molar-refractivity contribution in [3.05, 3.63) is 29.8 Å². The molecule has 0 heterocycles. The Hall–Kier alpha value is -1.88. The highest BCUT2D eigenvalue weighted by atomic mass is 16.2. The molecule has 1 rings (SSSR count). The van der Waals surface area contributed by atoms with Crippen molar-refractivity contribution in [3.8, 4) is 0 Å². The van der Waals surface area contributed by atoms with Crippen LogP contribution >= 0.6 is 0 Å². The van der Waals surface area contributed by atoms with Crippen molar-refractivity contribution < 1.29 is 9.59 Å². The van der Waals surface area contributed by atoms with Gasteiger partial charge in [0.05, 0.1) is 0 Å². The van der Waals surface area contributed by atoms with Crippen LogP contribution in [0.3, 0.4) is 0 Å². The summed E-state index contributed by atoms with van der Waals surface area (Å²) in [5.74, 6) is -0.244. The van der Waals surface area contributed by atoms with Crippen molar-refractivity contribution in [2.75, 3.05) is 18.9 Å². The summed E-state index contributed by atoms with van der Waals surface area (Å²) in [5, 5.41) is 8.59. The summed E-state index contributed by atoms with van der Waals surface area (Å²) in [5.41, 5.74) is 1.16. The highest BCUT2D eigenvalue weighted by molar-refractivity contribution is 5.97. The van der Waals surface area contributed by atoms with Gasteiger partial charge in [-0.15, -0.1) is 0 Å². The Labute approximate surface area is 120 Å². The zero-order valence-corrected chi connectivity index (χ0v) is 12.5. The normalized spacial score (nSPS) is 11.0. The Balaban J connectivity index is 2.52. The van der Waals surface area contributed by atoms with E-state index in [4.69, 9.17) is 0 Å². The molecule has 110 valence electrons. The number of carbonyl (C=O) groups excluding carboxylic acids is 2. The molecule has 0 unspecified atom stereocenters. The zero-order chi connectivity index (χ0) is 15.2. The van der Waals surface area contributed by atoms with E-state index in [1.807, 2.05) is 0 Å². The van der Waals surface area contributed by atoms with Gasteiger partial charge in [0.1, 0.15) is 0 Å². The van der Waals surface area contributed by atoms with Crippen LogP contribution in [0.15, 0.2) is 24.3 Å². The fraction of sp³-hybridized carbons (Fsp3) is 0.467. The van der Waals surface area contributed by atoms with Crippen molar-refractivity contribution in [3.63, 3.8) is 0 Å². The molecule has 1 aromatic carbocycles. The van der Waals surface area contributed by atoms with E-state index in [-0.39, 0.29) is 17.4 Å². The predicted octanol–water partition coefficient (Wildman–Crippen LogP) is 1.76. The van der Waals surface area contributed by atoms with Gasteiger partial charge in [0.2, 0.25) is 5.91 Å². The largest absolute Gasteiger partial charge is 0.355 e. The molecular weight excluding hydrogens is 254 g/mol. The van der Waals surface area contributed by atoms with Crippen LogP contribution < -0.4 is 16.0 Å². The molecule has 0 aromatic heterocycles. The standard InChI is InChI=1S/C15H23N3O2/c1-15(2,3)17-9-8-13(19)18-12-7-5-6-11(10-12)14(20)16-4/h5-7,10,17H,8-9H2,1-4H3,(H,16,20)(H,18,19). The average molecular weight is 277 g/mol. The van der Waals surface area contributed by atoms with Gasteiger partial charge in [0.25, 0.3) is 5.91 Å². The minimum Gasteiger partial charge on any atom is -0.355 e. The third-order valence-corrected chi connectivity index (χ3v) is 2.64. The maximum Gasteiger partial charge on any atom is 0.251 e. The Kier molecular flexibility index (Phi) is 5.70. The van der Waals surface area contributed by atoms with Gasteiger partial charge in [-0.2, -0.15) is 0 Å². The van der Waals surface area contributed by atoms with Crippen LogP contribution in [0, 0.1) is 0 Å². The second-order valence-electron chi connectivity index (χ2n) is 5.63. The molecule has 0 bridgehead atoms. The number of anilines is 1. The minimum atomic E-state index is -0.171. The number of benzene rings is 1. The van der Waals surface area contributed by atoms with Crippen molar-refractivity contribution in [1.82, 2.24) is 10.6 Å². The van der Waals surface area contributed by atoms with Gasteiger partial charge in [-0.25, -0.2) is 0 Å². The van der Waals surface area contributed by atoms with E-state index in [0.717, 1.165) is 0 Å². The number of nitrogens with one attached hydrogen (secondary N) is 3. The van der Waals surface area contributed by atoms with Crippen LogP contribution in [0.2, 0.25) is 0 Å². The van der Waals surface area contributed by atoms with Crippen LogP contribution in [0.5, 0.6) is 0 Å². The van der Waals surface area contributed by atoms with E-state index >= 15 is 0 Å². The average Bonchev–Trinajstić information content (AvgIpc) is 2.36. The first-order valence-corrected chi connectivity index (χ1v) is 6.69. The topological polar surface area (TPSA) is 70.2 Å². The highest BCUT2D eigenvalue weighted by Crippen LogP contribution is 2.11. The van der Waals surface area contributed by atoms with Crippen LogP contribution in [-0.2, 0) is 4.79 Å². The predicted molar refractivity (Wildman–Crippen MR) is 80.8 cm³/mol. The van der Waals surface area contributed by atoms with Crippen molar-refractivity contribution in [2.45, 2.75) is 32.7 Å². The molecule has 20 heavy (non-hydrogen) atoms. The number of hydrogen-bond acceptors (Lipinski definition) is 3. The van der Waals surface area contributed by atoms with Gasteiger partial charge >= 0.3 is 0 Å². The van der Waals surface area contributed by atoms with Gasteiger partial charge in [0, 0.05) is 36.8 Å². The van der Waals surface area contributed by atoms with Crippen LogP contribution in [0.4, 0.5) is 5.69 Å². The zero-order valence-electron chi connectivity index (χ0n) is 12.5. The quantitative estimate of drug-likeness (QED) is 0.768. The summed E-state index contributed by atoms with van der Waals surface area (Å²) >= 11 is 0. The van der Waals surface area contributed by atoms with Gasteiger partial charge in [-0.1, -0.05) is 6.07 Å². The number of rotatable bonds is 5. The Morgan fingerprint density at radius 1 is 1.20 bits per heavy atom. The summed E-state index contributed by atoms with van der Waals surface area (Å²) < 4.78 is 0. The summed E-state index contributed by atoms with van der Waals surface area (Å²) in [6.45, 7) is 6.78. The lowest BCUT2D eigenvalue weighted by Gasteiger charge is -2.20. The Morgan fingerprint density at radius 3 is 2.50 bits per heavy atom. The lowest BCUT2D eigenvalue weighted by atomic mass is 10.1. The maximum absolute atomic E-state index is 11.8. The van der Waals surface area contributed by atoms with E-state index in [1.165, 1.54) is 0 Å². The minimum absolute atomic E-state index is 0.000584. The van der Waals surface area contributed by atoms with Crippen molar-refractivity contribution in [1.29, 1.82) is 0 Å². The molecule has 0 aliphatic rings. The first-order chi connectivity index (χ1) is 9.31. The van der Waals surface area contributed by atoms with E-state index in [0.29, 0.717) is 24.2 Å².